The van der Waals surface area contributed by atoms with Crippen LogP contribution < -0.4 is 4.74 Å². The van der Waals surface area contributed by atoms with Gasteiger partial charge in [-0.3, -0.25) is 0 Å². The molecule has 1 nitrogen and oxygen atoms in total. The van der Waals surface area contributed by atoms with E-state index in [0.29, 0.717) is 0 Å². The number of rotatable bonds is 8. The molecule has 0 radical (unpaired) electrons. The maximum atomic E-state index is 5.65. The molecule has 1 aromatic carbocycles. The minimum atomic E-state index is 0.777. The number of ether oxygens (including phenoxy) is 1. The van der Waals surface area contributed by atoms with E-state index in [9.17, 15) is 0 Å². The highest BCUT2D eigenvalue weighted by atomic mass is 35.5. The summed E-state index contributed by atoms with van der Waals surface area (Å²) in [5.41, 5.74) is 1.36. The fraction of sp³-hybridized carbons (Fsp3) is 0.571. The number of hydrogen-bond acceptors (Lipinski definition) is 1. The zero-order valence-corrected chi connectivity index (χ0v) is 10.8. The molecule has 0 amide bonds. The number of halogens is 1. The van der Waals surface area contributed by atoms with Gasteiger partial charge in [-0.05, 0) is 37.0 Å². The van der Waals surface area contributed by atoms with Gasteiger partial charge in [-0.1, -0.05) is 31.9 Å². The third-order valence-corrected chi connectivity index (χ3v) is 2.90. The first-order chi connectivity index (χ1) is 7.86. The van der Waals surface area contributed by atoms with Crippen LogP contribution in [0.2, 0.25) is 0 Å². The molecule has 0 saturated heterocycles. The smallest absolute Gasteiger partial charge is 0.119 e. The van der Waals surface area contributed by atoms with E-state index in [2.05, 4.69) is 31.2 Å². The molecule has 1 aromatic rings. The lowest BCUT2D eigenvalue weighted by Crippen LogP contribution is -1.97. The second kappa shape index (κ2) is 8.46. The quantitative estimate of drug-likeness (QED) is 0.483. The summed E-state index contributed by atoms with van der Waals surface area (Å²) < 4.78 is 5.65. The van der Waals surface area contributed by atoms with Gasteiger partial charge in [0.1, 0.15) is 5.75 Å². The van der Waals surface area contributed by atoms with Crippen molar-refractivity contribution in [2.75, 3.05) is 12.5 Å². The van der Waals surface area contributed by atoms with Crippen LogP contribution in [0, 0.1) is 0 Å². The van der Waals surface area contributed by atoms with Gasteiger partial charge in [-0.15, -0.1) is 11.6 Å². The average molecular weight is 241 g/mol. The molecule has 0 unspecified atom stereocenters. The molecule has 1 rings (SSSR count). The highest BCUT2D eigenvalue weighted by Gasteiger charge is 1.94. The molecule has 0 fully saturated rings. The van der Waals surface area contributed by atoms with E-state index >= 15 is 0 Å². The van der Waals surface area contributed by atoms with E-state index in [4.69, 9.17) is 16.3 Å². The molecule has 0 heterocycles. The van der Waals surface area contributed by atoms with Crippen molar-refractivity contribution in [3.63, 3.8) is 0 Å². The number of benzene rings is 1. The molecule has 0 aliphatic rings. The summed E-state index contributed by atoms with van der Waals surface area (Å²) in [6.45, 7) is 2.97. The Labute approximate surface area is 104 Å². The Hall–Kier alpha value is -0.690. The lowest BCUT2D eigenvalue weighted by molar-refractivity contribution is 0.305. The molecular weight excluding hydrogens is 220 g/mol. The highest BCUT2D eigenvalue weighted by Crippen LogP contribution is 2.13. The van der Waals surface area contributed by atoms with Gasteiger partial charge < -0.3 is 4.74 Å². The second-order valence-corrected chi connectivity index (χ2v) is 4.33. The lowest BCUT2D eigenvalue weighted by Gasteiger charge is -2.06. The van der Waals surface area contributed by atoms with Crippen LogP contribution in [0.15, 0.2) is 24.3 Å². The molecule has 0 aliphatic heterocycles. The van der Waals surface area contributed by atoms with E-state index in [1.54, 1.807) is 0 Å². The number of unbranched alkanes of at least 4 members (excludes halogenated alkanes) is 3. The van der Waals surface area contributed by atoms with E-state index in [-0.39, 0.29) is 0 Å². The van der Waals surface area contributed by atoms with Gasteiger partial charge in [0.05, 0.1) is 6.61 Å². The molecule has 0 aromatic heterocycles. The lowest BCUT2D eigenvalue weighted by atomic mass is 10.2. The van der Waals surface area contributed by atoms with Gasteiger partial charge in [0, 0.05) is 5.88 Å². The van der Waals surface area contributed by atoms with Crippen molar-refractivity contribution >= 4 is 11.6 Å². The Kier molecular flexibility index (Phi) is 7.07. The van der Waals surface area contributed by atoms with Crippen molar-refractivity contribution in [2.24, 2.45) is 0 Å². The molecule has 2 heteroatoms. The molecule has 0 saturated carbocycles. The zero-order valence-electron chi connectivity index (χ0n) is 10.0. The van der Waals surface area contributed by atoms with Gasteiger partial charge in [0.15, 0.2) is 0 Å². The average Bonchev–Trinajstić information content (AvgIpc) is 2.34. The topological polar surface area (TPSA) is 9.23 Å². The number of alkyl halides is 1. The minimum Gasteiger partial charge on any atom is -0.494 e. The third-order valence-electron chi connectivity index (χ3n) is 2.63. The second-order valence-electron chi connectivity index (χ2n) is 3.95. The van der Waals surface area contributed by atoms with Crippen LogP contribution in [0.1, 0.15) is 38.2 Å². The zero-order chi connectivity index (χ0) is 11.6. The number of hydrogen-bond donors (Lipinski definition) is 0. The van der Waals surface area contributed by atoms with Crippen molar-refractivity contribution in [2.45, 2.75) is 39.0 Å². The van der Waals surface area contributed by atoms with Crippen LogP contribution in [-0.2, 0) is 6.42 Å². The fourth-order valence-electron chi connectivity index (χ4n) is 1.56. The summed E-state index contributed by atoms with van der Waals surface area (Å²) in [6.07, 6.45) is 5.74. The Morgan fingerprint density at radius 3 is 2.31 bits per heavy atom. The molecule has 0 atom stereocenters. The van der Waals surface area contributed by atoms with Crippen LogP contribution >= 0.6 is 11.6 Å². The summed E-state index contributed by atoms with van der Waals surface area (Å²) in [6, 6.07) is 8.36. The van der Waals surface area contributed by atoms with Crippen molar-refractivity contribution in [1.82, 2.24) is 0 Å². The van der Waals surface area contributed by atoms with E-state index in [1.807, 2.05) is 0 Å². The van der Waals surface area contributed by atoms with Crippen LogP contribution in [-0.4, -0.2) is 12.5 Å². The van der Waals surface area contributed by atoms with Crippen LogP contribution in [0.3, 0.4) is 0 Å². The van der Waals surface area contributed by atoms with Crippen LogP contribution in [0.25, 0.3) is 0 Å². The summed E-state index contributed by atoms with van der Waals surface area (Å²) in [5, 5.41) is 0. The summed E-state index contributed by atoms with van der Waals surface area (Å²) in [4.78, 5) is 0. The van der Waals surface area contributed by atoms with Crippen molar-refractivity contribution < 1.29 is 4.74 Å². The maximum absolute atomic E-state index is 5.65. The molecular formula is C14H21ClO. The predicted octanol–water partition coefficient (Wildman–Crippen LogP) is 4.43. The first-order valence-corrected chi connectivity index (χ1v) is 6.68. The molecule has 0 spiro atoms. The van der Waals surface area contributed by atoms with Gasteiger partial charge in [0.2, 0.25) is 0 Å². The molecule has 0 N–H and O–H groups in total. The fourth-order valence-corrected chi connectivity index (χ4v) is 1.75. The van der Waals surface area contributed by atoms with Crippen LogP contribution in [0.4, 0.5) is 0 Å². The first kappa shape index (κ1) is 13.4. The van der Waals surface area contributed by atoms with Gasteiger partial charge >= 0.3 is 0 Å². The predicted molar refractivity (Wildman–Crippen MR) is 70.5 cm³/mol. The van der Waals surface area contributed by atoms with Gasteiger partial charge in [-0.2, -0.15) is 0 Å². The van der Waals surface area contributed by atoms with E-state index in [1.165, 1.54) is 18.4 Å². The summed E-state index contributed by atoms with van der Waals surface area (Å²) in [5.74, 6) is 1.76. The largest absolute Gasteiger partial charge is 0.494 e. The van der Waals surface area contributed by atoms with Gasteiger partial charge in [0.25, 0.3) is 0 Å². The standard InChI is InChI=1S/C14H21ClO/c1-2-13-7-9-14(10-8-13)16-12-6-4-3-5-11-15/h7-10H,2-6,11-12H2,1H3. The van der Waals surface area contributed by atoms with Crippen molar-refractivity contribution in [1.29, 1.82) is 0 Å². The normalized spacial score (nSPS) is 10.4. The maximum Gasteiger partial charge on any atom is 0.119 e. The number of aryl methyl sites for hydroxylation is 1. The Bertz CT molecular complexity index is 269. The van der Waals surface area contributed by atoms with E-state index < -0.39 is 0 Å². The Balaban J connectivity index is 2.12. The van der Waals surface area contributed by atoms with Crippen molar-refractivity contribution in [3.05, 3.63) is 29.8 Å². The van der Waals surface area contributed by atoms with E-state index in [0.717, 1.165) is 37.5 Å². The molecule has 0 bridgehead atoms. The van der Waals surface area contributed by atoms with Crippen LogP contribution in [0.5, 0.6) is 5.75 Å². The molecule has 16 heavy (non-hydrogen) atoms. The third kappa shape index (κ3) is 5.41. The first-order valence-electron chi connectivity index (χ1n) is 6.14. The molecule has 90 valence electrons. The Morgan fingerprint density at radius 1 is 1.00 bits per heavy atom. The van der Waals surface area contributed by atoms with Gasteiger partial charge in [-0.25, -0.2) is 0 Å². The molecule has 0 aliphatic carbocycles. The SMILES string of the molecule is CCc1ccc(OCCCCCCCl)cc1. The summed E-state index contributed by atoms with van der Waals surface area (Å²) in [7, 11) is 0. The summed E-state index contributed by atoms with van der Waals surface area (Å²) >= 11 is 5.61. The van der Waals surface area contributed by atoms with Crippen molar-refractivity contribution in [3.8, 4) is 5.75 Å². The highest BCUT2D eigenvalue weighted by molar-refractivity contribution is 6.17. The monoisotopic (exact) mass is 240 g/mol. The Morgan fingerprint density at radius 2 is 1.69 bits per heavy atom. The minimum absolute atomic E-state index is 0.777.